The monoisotopic (exact) mass is 252 g/mol. The van der Waals surface area contributed by atoms with Crippen LogP contribution < -0.4 is 11.1 Å². The van der Waals surface area contributed by atoms with Gasteiger partial charge in [0.05, 0.1) is 11.5 Å². The van der Waals surface area contributed by atoms with E-state index >= 15 is 0 Å². The fourth-order valence-corrected chi connectivity index (χ4v) is 3.16. The second-order valence-electron chi connectivity index (χ2n) is 4.79. The molecular formula is C13H20N2OS. The first kappa shape index (κ1) is 12.6. The molecule has 0 bridgehead atoms. The number of carbonyl (C=O) groups is 1. The van der Waals surface area contributed by atoms with E-state index in [0.717, 1.165) is 25.7 Å². The second kappa shape index (κ2) is 5.19. The molecule has 2 rings (SSSR count). The van der Waals surface area contributed by atoms with E-state index < -0.39 is 0 Å². The summed E-state index contributed by atoms with van der Waals surface area (Å²) in [5, 5.41) is 5.20. The van der Waals surface area contributed by atoms with Crippen LogP contribution in [0.4, 0.5) is 0 Å². The van der Waals surface area contributed by atoms with Gasteiger partial charge in [0, 0.05) is 11.4 Å². The second-order valence-corrected chi connectivity index (χ2v) is 5.77. The summed E-state index contributed by atoms with van der Waals surface area (Å²) in [4.78, 5) is 13.5. The van der Waals surface area contributed by atoms with Crippen molar-refractivity contribution in [3.05, 3.63) is 22.4 Å². The lowest BCUT2D eigenvalue weighted by Crippen LogP contribution is -2.51. The van der Waals surface area contributed by atoms with Crippen molar-refractivity contribution < 1.29 is 4.79 Å². The summed E-state index contributed by atoms with van der Waals surface area (Å²) in [5.41, 5.74) is 5.47. The number of hydrogen-bond donors (Lipinski definition) is 2. The number of thiophene rings is 1. The number of nitrogens with one attached hydrogen (secondary N) is 1. The van der Waals surface area contributed by atoms with E-state index in [-0.39, 0.29) is 17.4 Å². The fourth-order valence-electron chi connectivity index (χ4n) is 2.30. The molecule has 1 aromatic heterocycles. The number of rotatable bonds is 5. The standard InChI is InChI=1S/C13H20N2OS/c1-2-10(11-5-3-8-17-11)15-12(16)13(9-14)6-4-7-13/h3,5,8,10H,2,4,6-7,9,14H2,1H3,(H,15,16). The SMILES string of the molecule is CCC(NC(=O)C1(CN)CCC1)c1cccs1. The van der Waals surface area contributed by atoms with Crippen LogP contribution in [-0.4, -0.2) is 12.5 Å². The van der Waals surface area contributed by atoms with Crippen LogP contribution in [0.3, 0.4) is 0 Å². The maximum Gasteiger partial charge on any atom is 0.228 e. The summed E-state index contributed by atoms with van der Waals surface area (Å²) in [7, 11) is 0. The van der Waals surface area contributed by atoms with E-state index in [1.54, 1.807) is 11.3 Å². The Morgan fingerprint density at radius 1 is 1.65 bits per heavy atom. The Hall–Kier alpha value is -0.870. The van der Waals surface area contributed by atoms with E-state index in [0.29, 0.717) is 6.54 Å². The molecule has 1 heterocycles. The lowest BCUT2D eigenvalue weighted by atomic mass is 9.68. The molecule has 1 aliphatic carbocycles. The highest BCUT2D eigenvalue weighted by atomic mass is 32.1. The van der Waals surface area contributed by atoms with Gasteiger partial charge >= 0.3 is 0 Å². The summed E-state index contributed by atoms with van der Waals surface area (Å²) in [6, 6.07) is 4.25. The number of amides is 1. The molecule has 1 atom stereocenters. The van der Waals surface area contributed by atoms with E-state index in [9.17, 15) is 4.79 Å². The molecule has 1 aromatic rings. The molecule has 17 heavy (non-hydrogen) atoms. The molecule has 0 aliphatic heterocycles. The van der Waals surface area contributed by atoms with Crippen LogP contribution in [0.15, 0.2) is 17.5 Å². The summed E-state index contributed by atoms with van der Waals surface area (Å²) in [5.74, 6) is 0.145. The van der Waals surface area contributed by atoms with Gasteiger partial charge in [0.25, 0.3) is 0 Å². The van der Waals surface area contributed by atoms with Crippen LogP contribution in [0.2, 0.25) is 0 Å². The number of carbonyl (C=O) groups excluding carboxylic acids is 1. The maximum atomic E-state index is 12.3. The number of hydrogen-bond acceptors (Lipinski definition) is 3. The van der Waals surface area contributed by atoms with Crippen molar-refractivity contribution in [3.63, 3.8) is 0 Å². The zero-order valence-corrected chi connectivity index (χ0v) is 11.1. The molecule has 0 spiro atoms. The van der Waals surface area contributed by atoms with Gasteiger partial charge in [0.1, 0.15) is 0 Å². The highest BCUT2D eigenvalue weighted by molar-refractivity contribution is 7.10. The van der Waals surface area contributed by atoms with Gasteiger partial charge in [-0.3, -0.25) is 4.79 Å². The van der Waals surface area contributed by atoms with Crippen molar-refractivity contribution in [2.45, 2.75) is 38.6 Å². The third-order valence-electron chi connectivity index (χ3n) is 3.78. The Balaban J connectivity index is 2.02. The first-order valence-electron chi connectivity index (χ1n) is 6.26. The van der Waals surface area contributed by atoms with E-state index in [1.165, 1.54) is 4.88 Å². The minimum Gasteiger partial charge on any atom is -0.348 e. The third kappa shape index (κ3) is 2.38. The van der Waals surface area contributed by atoms with Gasteiger partial charge < -0.3 is 11.1 Å². The fraction of sp³-hybridized carbons (Fsp3) is 0.615. The summed E-state index contributed by atoms with van der Waals surface area (Å²) in [6.07, 6.45) is 3.93. The van der Waals surface area contributed by atoms with Crippen LogP contribution >= 0.6 is 11.3 Å². The predicted octanol–water partition coefficient (Wildman–Crippen LogP) is 2.44. The first-order chi connectivity index (χ1) is 8.22. The average molecular weight is 252 g/mol. The molecule has 1 aliphatic rings. The van der Waals surface area contributed by atoms with Crippen LogP contribution in [0.1, 0.15) is 43.5 Å². The summed E-state index contributed by atoms with van der Waals surface area (Å²) >= 11 is 1.70. The Morgan fingerprint density at radius 2 is 2.41 bits per heavy atom. The molecular weight excluding hydrogens is 232 g/mol. The molecule has 1 fully saturated rings. The summed E-state index contributed by atoms with van der Waals surface area (Å²) < 4.78 is 0. The Bertz CT molecular complexity index is 365. The Kier molecular flexibility index (Phi) is 3.84. The Labute approximate surface area is 106 Å². The number of nitrogens with two attached hydrogens (primary N) is 1. The van der Waals surface area contributed by atoms with Gasteiger partial charge in [-0.25, -0.2) is 0 Å². The third-order valence-corrected chi connectivity index (χ3v) is 4.77. The smallest absolute Gasteiger partial charge is 0.228 e. The van der Waals surface area contributed by atoms with Crippen LogP contribution in [-0.2, 0) is 4.79 Å². The van der Waals surface area contributed by atoms with Crippen molar-refractivity contribution in [1.29, 1.82) is 0 Å². The molecule has 1 saturated carbocycles. The van der Waals surface area contributed by atoms with Crippen molar-refractivity contribution in [2.75, 3.05) is 6.54 Å². The molecule has 3 N–H and O–H groups in total. The largest absolute Gasteiger partial charge is 0.348 e. The van der Waals surface area contributed by atoms with E-state index in [2.05, 4.69) is 18.3 Å². The van der Waals surface area contributed by atoms with E-state index in [4.69, 9.17) is 5.73 Å². The van der Waals surface area contributed by atoms with Crippen molar-refractivity contribution in [2.24, 2.45) is 11.1 Å². The molecule has 1 unspecified atom stereocenters. The first-order valence-corrected chi connectivity index (χ1v) is 7.14. The zero-order chi connectivity index (χ0) is 12.3. The lowest BCUT2D eigenvalue weighted by molar-refractivity contribution is -0.136. The molecule has 0 saturated heterocycles. The molecule has 3 nitrogen and oxygen atoms in total. The van der Waals surface area contributed by atoms with Crippen molar-refractivity contribution >= 4 is 17.2 Å². The normalized spacial score (nSPS) is 19.4. The molecule has 94 valence electrons. The predicted molar refractivity (Wildman–Crippen MR) is 70.8 cm³/mol. The molecule has 0 aromatic carbocycles. The highest BCUT2D eigenvalue weighted by Gasteiger charge is 2.43. The quantitative estimate of drug-likeness (QED) is 0.845. The van der Waals surface area contributed by atoms with Crippen molar-refractivity contribution in [1.82, 2.24) is 5.32 Å². The van der Waals surface area contributed by atoms with Gasteiger partial charge in [-0.1, -0.05) is 19.4 Å². The van der Waals surface area contributed by atoms with Crippen molar-refractivity contribution in [3.8, 4) is 0 Å². The van der Waals surface area contributed by atoms with Crippen LogP contribution in [0, 0.1) is 5.41 Å². The van der Waals surface area contributed by atoms with Crippen LogP contribution in [0.25, 0.3) is 0 Å². The summed E-state index contributed by atoms with van der Waals surface area (Å²) in [6.45, 7) is 2.57. The van der Waals surface area contributed by atoms with Gasteiger partial charge in [-0.15, -0.1) is 11.3 Å². The maximum absolute atomic E-state index is 12.3. The van der Waals surface area contributed by atoms with Crippen LogP contribution in [0.5, 0.6) is 0 Å². The van der Waals surface area contributed by atoms with Gasteiger partial charge in [0.15, 0.2) is 0 Å². The molecule has 4 heteroatoms. The zero-order valence-electron chi connectivity index (χ0n) is 10.2. The minimum absolute atomic E-state index is 0.145. The molecule has 1 amide bonds. The average Bonchev–Trinajstić information content (AvgIpc) is 2.78. The van der Waals surface area contributed by atoms with Gasteiger partial charge in [-0.05, 0) is 30.7 Å². The van der Waals surface area contributed by atoms with E-state index in [1.807, 2.05) is 11.4 Å². The van der Waals surface area contributed by atoms with Gasteiger partial charge in [0.2, 0.25) is 5.91 Å². The molecule has 0 radical (unpaired) electrons. The Morgan fingerprint density at radius 3 is 2.82 bits per heavy atom. The minimum atomic E-state index is -0.273. The highest BCUT2D eigenvalue weighted by Crippen LogP contribution is 2.40. The lowest BCUT2D eigenvalue weighted by Gasteiger charge is -2.40. The topological polar surface area (TPSA) is 55.1 Å². The van der Waals surface area contributed by atoms with Gasteiger partial charge in [-0.2, -0.15) is 0 Å².